The smallest absolute Gasteiger partial charge is 0.226 e. The Morgan fingerprint density at radius 1 is 1.03 bits per heavy atom. The minimum absolute atomic E-state index is 0.0486. The predicted octanol–water partition coefficient (Wildman–Crippen LogP) is 3.30. The van der Waals surface area contributed by atoms with E-state index >= 15 is 0 Å². The maximum atomic E-state index is 13.4. The summed E-state index contributed by atoms with van der Waals surface area (Å²) in [5.74, 6) is 2.76. The van der Waals surface area contributed by atoms with Crippen molar-refractivity contribution in [3.05, 3.63) is 47.7 Å². The third-order valence-electron chi connectivity index (χ3n) is 6.53. The van der Waals surface area contributed by atoms with E-state index in [9.17, 15) is 4.79 Å². The number of carbonyl (C=O) groups excluding carboxylic acids is 1. The van der Waals surface area contributed by atoms with Gasteiger partial charge in [-0.25, -0.2) is 4.98 Å². The standard InChI is InChI=1S/C24H26N4O3/c25-15-17-3-6-23(26-16-17)27-10-7-18(8-11-27)24(29)28-9-1-2-20(28)19-4-5-21-22(14-19)31-13-12-30-21/h3-6,14,16,18,20H,1-2,7-13H2. The van der Waals surface area contributed by atoms with Crippen LogP contribution in [0.25, 0.3) is 0 Å². The quantitative estimate of drug-likeness (QED) is 0.761. The largest absolute Gasteiger partial charge is 0.486 e. The Morgan fingerprint density at radius 2 is 1.84 bits per heavy atom. The molecule has 5 rings (SSSR count). The molecule has 1 aromatic heterocycles. The lowest BCUT2D eigenvalue weighted by atomic mass is 9.94. The average molecular weight is 418 g/mol. The molecule has 7 nitrogen and oxygen atoms in total. The first-order valence-corrected chi connectivity index (χ1v) is 11.0. The van der Waals surface area contributed by atoms with Gasteiger partial charge in [0.2, 0.25) is 5.91 Å². The number of benzene rings is 1. The van der Waals surface area contributed by atoms with Crippen LogP contribution in [0.1, 0.15) is 42.9 Å². The average Bonchev–Trinajstić information content (AvgIpc) is 3.33. The van der Waals surface area contributed by atoms with E-state index in [1.807, 2.05) is 18.2 Å². The zero-order valence-corrected chi connectivity index (χ0v) is 17.5. The van der Waals surface area contributed by atoms with Gasteiger partial charge in [-0.05, 0) is 55.5 Å². The number of likely N-dealkylation sites (tertiary alicyclic amines) is 1. The Hall–Kier alpha value is -3.27. The summed E-state index contributed by atoms with van der Waals surface area (Å²) in [5, 5.41) is 8.94. The van der Waals surface area contributed by atoms with Crippen molar-refractivity contribution in [2.75, 3.05) is 37.7 Å². The van der Waals surface area contributed by atoms with Crippen LogP contribution < -0.4 is 14.4 Å². The van der Waals surface area contributed by atoms with Crippen molar-refractivity contribution in [3.8, 4) is 17.6 Å². The molecule has 3 aliphatic rings. The van der Waals surface area contributed by atoms with Crippen molar-refractivity contribution in [2.24, 2.45) is 5.92 Å². The third-order valence-corrected chi connectivity index (χ3v) is 6.53. The number of nitriles is 1. The molecule has 2 fully saturated rings. The summed E-state index contributed by atoms with van der Waals surface area (Å²) in [5.41, 5.74) is 1.70. The highest BCUT2D eigenvalue weighted by Crippen LogP contribution is 2.39. The summed E-state index contributed by atoms with van der Waals surface area (Å²) >= 11 is 0. The lowest BCUT2D eigenvalue weighted by Crippen LogP contribution is -2.42. The molecule has 1 aromatic carbocycles. The number of rotatable bonds is 3. The second-order valence-corrected chi connectivity index (χ2v) is 8.37. The number of hydrogen-bond acceptors (Lipinski definition) is 6. The first kappa shape index (κ1) is 19.7. The molecule has 1 amide bonds. The zero-order chi connectivity index (χ0) is 21.2. The van der Waals surface area contributed by atoms with Crippen LogP contribution in [0.2, 0.25) is 0 Å². The maximum absolute atomic E-state index is 13.4. The monoisotopic (exact) mass is 418 g/mol. The highest BCUT2D eigenvalue weighted by Gasteiger charge is 2.36. The molecule has 0 saturated carbocycles. The van der Waals surface area contributed by atoms with E-state index in [1.54, 1.807) is 12.3 Å². The van der Waals surface area contributed by atoms with Crippen molar-refractivity contribution in [3.63, 3.8) is 0 Å². The molecule has 3 aliphatic heterocycles. The molecule has 1 atom stereocenters. The number of amides is 1. The van der Waals surface area contributed by atoms with E-state index in [2.05, 4.69) is 26.9 Å². The van der Waals surface area contributed by atoms with Gasteiger partial charge in [0.15, 0.2) is 11.5 Å². The number of carbonyl (C=O) groups is 1. The van der Waals surface area contributed by atoms with Crippen molar-refractivity contribution >= 4 is 11.7 Å². The van der Waals surface area contributed by atoms with Crippen molar-refractivity contribution in [1.82, 2.24) is 9.88 Å². The van der Waals surface area contributed by atoms with Gasteiger partial charge in [-0.1, -0.05) is 6.07 Å². The molecule has 160 valence electrons. The summed E-state index contributed by atoms with van der Waals surface area (Å²) in [4.78, 5) is 22.1. The van der Waals surface area contributed by atoms with E-state index in [4.69, 9.17) is 14.7 Å². The fourth-order valence-corrected chi connectivity index (χ4v) is 4.87. The van der Waals surface area contributed by atoms with Gasteiger partial charge >= 0.3 is 0 Å². The number of aromatic nitrogens is 1. The Kier molecular flexibility index (Phi) is 5.37. The number of hydrogen-bond donors (Lipinski definition) is 0. The second-order valence-electron chi connectivity index (χ2n) is 8.37. The number of ether oxygens (including phenoxy) is 2. The van der Waals surface area contributed by atoms with E-state index in [0.29, 0.717) is 18.8 Å². The molecule has 0 spiro atoms. The van der Waals surface area contributed by atoms with Gasteiger partial charge in [0, 0.05) is 31.7 Å². The molecule has 0 aliphatic carbocycles. The Morgan fingerprint density at radius 3 is 2.58 bits per heavy atom. The molecule has 1 unspecified atom stereocenters. The summed E-state index contributed by atoms with van der Waals surface area (Å²) in [7, 11) is 0. The van der Waals surface area contributed by atoms with Gasteiger partial charge in [-0.2, -0.15) is 5.26 Å². The first-order chi connectivity index (χ1) is 15.2. The van der Waals surface area contributed by atoms with Gasteiger partial charge in [-0.3, -0.25) is 4.79 Å². The van der Waals surface area contributed by atoms with E-state index in [0.717, 1.165) is 68.2 Å². The highest BCUT2D eigenvalue weighted by atomic mass is 16.6. The van der Waals surface area contributed by atoms with Gasteiger partial charge in [0.25, 0.3) is 0 Å². The van der Waals surface area contributed by atoms with Crippen LogP contribution in [0, 0.1) is 17.2 Å². The molecule has 7 heteroatoms. The molecule has 31 heavy (non-hydrogen) atoms. The predicted molar refractivity (Wildman–Crippen MR) is 115 cm³/mol. The normalized spacial score (nSPS) is 21.1. The van der Waals surface area contributed by atoms with Gasteiger partial charge in [0.05, 0.1) is 11.6 Å². The second kappa shape index (κ2) is 8.46. The van der Waals surface area contributed by atoms with Gasteiger partial charge < -0.3 is 19.3 Å². The topological polar surface area (TPSA) is 78.7 Å². The van der Waals surface area contributed by atoms with Crippen molar-refractivity contribution in [2.45, 2.75) is 31.7 Å². The maximum Gasteiger partial charge on any atom is 0.226 e. The molecule has 4 heterocycles. The van der Waals surface area contributed by atoms with Gasteiger partial charge in [0.1, 0.15) is 25.1 Å². The minimum atomic E-state index is 0.0486. The van der Waals surface area contributed by atoms with E-state index in [-0.39, 0.29) is 17.9 Å². The first-order valence-electron chi connectivity index (χ1n) is 11.0. The van der Waals surface area contributed by atoms with Crippen molar-refractivity contribution in [1.29, 1.82) is 5.26 Å². The lowest BCUT2D eigenvalue weighted by molar-refractivity contribution is -0.137. The van der Waals surface area contributed by atoms with Crippen molar-refractivity contribution < 1.29 is 14.3 Å². The molecular formula is C24H26N4O3. The summed E-state index contributed by atoms with van der Waals surface area (Å²) < 4.78 is 11.4. The zero-order valence-electron chi connectivity index (χ0n) is 17.5. The fraction of sp³-hybridized carbons (Fsp3) is 0.458. The van der Waals surface area contributed by atoms with Crippen LogP contribution in [-0.2, 0) is 4.79 Å². The number of anilines is 1. The summed E-state index contributed by atoms with van der Waals surface area (Å²) in [6.07, 6.45) is 5.27. The van der Waals surface area contributed by atoms with E-state index < -0.39 is 0 Å². The summed E-state index contributed by atoms with van der Waals surface area (Å²) in [6.45, 7) is 3.57. The number of piperidine rings is 1. The Bertz CT molecular complexity index is 993. The molecule has 0 radical (unpaired) electrons. The molecule has 0 N–H and O–H groups in total. The van der Waals surface area contributed by atoms with E-state index in [1.165, 1.54) is 0 Å². The highest BCUT2D eigenvalue weighted by molar-refractivity contribution is 5.80. The Labute approximate surface area is 182 Å². The molecule has 0 bridgehead atoms. The van der Waals surface area contributed by atoms with Crippen LogP contribution in [-0.4, -0.2) is 48.6 Å². The summed E-state index contributed by atoms with van der Waals surface area (Å²) in [6, 6.07) is 12.0. The van der Waals surface area contributed by atoms with Crippen LogP contribution in [0.3, 0.4) is 0 Å². The minimum Gasteiger partial charge on any atom is -0.486 e. The number of pyridine rings is 1. The molecule has 2 saturated heterocycles. The van der Waals surface area contributed by atoms with Crippen LogP contribution in [0.15, 0.2) is 36.5 Å². The SMILES string of the molecule is N#Cc1ccc(N2CCC(C(=O)N3CCCC3c3ccc4c(c3)OCCO4)CC2)nc1. The van der Waals surface area contributed by atoms with Crippen LogP contribution >= 0.6 is 0 Å². The third kappa shape index (κ3) is 3.90. The number of fused-ring (bicyclic) bond motifs is 1. The molecular weight excluding hydrogens is 392 g/mol. The molecule has 2 aromatic rings. The number of nitrogens with zero attached hydrogens (tertiary/aromatic N) is 4. The Balaban J connectivity index is 1.24. The van der Waals surface area contributed by atoms with Crippen LogP contribution in [0.4, 0.5) is 5.82 Å². The van der Waals surface area contributed by atoms with Crippen LogP contribution in [0.5, 0.6) is 11.5 Å². The van der Waals surface area contributed by atoms with Gasteiger partial charge in [-0.15, -0.1) is 0 Å². The fourth-order valence-electron chi connectivity index (χ4n) is 4.87. The lowest BCUT2D eigenvalue weighted by Gasteiger charge is -2.35.